The molecule has 2 bridgehead atoms. The third-order valence-corrected chi connectivity index (χ3v) is 7.65. The molecule has 0 radical (unpaired) electrons. The molecule has 0 unspecified atom stereocenters. The van der Waals surface area contributed by atoms with Crippen LogP contribution in [0.15, 0.2) is 58.5 Å². The van der Waals surface area contributed by atoms with Gasteiger partial charge in [0.15, 0.2) is 6.10 Å². The molecule has 0 aromatic heterocycles. The Morgan fingerprint density at radius 3 is 2.36 bits per heavy atom. The van der Waals surface area contributed by atoms with Crippen molar-refractivity contribution < 1.29 is 42.9 Å². The number of ether oxygens (including phenoxy) is 4. The lowest BCUT2D eigenvalue weighted by Crippen LogP contribution is -2.40. The molecule has 45 heavy (non-hydrogen) atoms. The fraction of sp³-hybridized carbons (Fsp3) is 0.531. The minimum absolute atomic E-state index is 0.0780. The number of carbonyl (C=O) groups is 5. The third-order valence-electron chi connectivity index (χ3n) is 7.65. The predicted molar refractivity (Wildman–Crippen MR) is 166 cm³/mol. The normalized spacial score (nSPS) is 30.3. The number of carbonyl (C=O) groups excluding carboxylic acids is 5. The summed E-state index contributed by atoms with van der Waals surface area (Å²) in [4.78, 5) is 63.7. The van der Waals surface area contributed by atoms with Crippen molar-refractivity contribution >= 4 is 29.5 Å². The highest BCUT2D eigenvalue weighted by Crippen LogP contribution is 2.29. The van der Waals surface area contributed by atoms with E-state index in [1.54, 1.807) is 19.1 Å². The molecule has 1 heterocycles. The molecule has 0 saturated carbocycles. The summed E-state index contributed by atoms with van der Waals surface area (Å²) in [5, 5.41) is 2.51. The maximum atomic E-state index is 13.4. The van der Waals surface area contributed by atoms with Gasteiger partial charge in [0, 0.05) is 43.8 Å². The molecule has 7 N–H and O–H groups in total. The van der Waals surface area contributed by atoms with Crippen molar-refractivity contribution in [3.05, 3.63) is 58.5 Å². The first-order chi connectivity index (χ1) is 21.2. The van der Waals surface area contributed by atoms with Gasteiger partial charge in [-0.1, -0.05) is 38.2 Å². The summed E-state index contributed by atoms with van der Waals surface area (Å²) in [7, 11) is 2.90. The van der Waals surface area contributed by atoms with E-state index in [9.17, 15) is 24.0 Å². The minimum atomic E-state index is -1.03. The molecule has 2 amide bonds. The second-order valence-electron chi connectivity index (χ2n) is 11.3. The Bertz CT molecular complexity index is 1300. The molecule has 0 aromatic rings. The second kappa shape index (κ2) is 17.4. The highest BCUT2D eigenvalue weighted by molar-refractivity contribution is 6.23. The lowest BCUT2D eigenvalue weighted by atomic mass is 9.85. The zero-order valence-corrected chi connectivity index (χ0v) is 26.8. The molecular formula is C32H46N4O9. The topological polar surface area (TPSA) is 212 Å². The smallest absolute Gasteiger partial charge is 0.405 e. The van der Waals surface area contributed by atoms with Gasteiger partial charge in [-0.15, -0.1) is 0 Å². The van der Waals surface area contributed by atoms with Crippen molar-refractivity contribution in [3.8, 4) is 0 Å². The van der Waals surface area contributed by atoms with Crippen LogP contribution >= 0.6 is 0 Å². The van der Waals surface area contributed by atoms with E-state index in [-0.39, 0.29) is 41.3 Å². The number of hydrogen-bond acceptors (Lipinski definition) is 11. The standard InChI is InChI=1S/C32H46N4O9/c1-17-13-21-27(34)23(37)16-22(28(21)39)36-31(40)18(2)9-7-10-24(42-5)29(45-32(35)41)19(3)15-20(4)30(25(14-17)43-6)44-26(38)11-8-12-33/h7,9-10,15-17,20,24-25,29-30H,8,11-14,33-34H2,1-6H3,(H2,35,41)(H,36,40)/b10-7-,18-9+,19-15+/t17-,20+,24+,25+,29+,30-/m1/s1. The average molecular weight is 631 g/mol. The summed E-state index contributed by atoms with van der Waals surface area (Å²) in [5.41, 5.74) is 17.5. The van der Waals surface area contributed by atoms with E-state index in [0.29, 0.717) is 25.0 Å². The van der Waals surface area contributed by atoms with E-state index in [4.69, 9.17) is 36.1 Å². The van der Waals surface area contributed by atoms with Crippen LogP contribution in [-0.4, -0.2) is 74.7 Å². The Balaban J connectivity index is 2.68. The van der Waals surface area contributed by atoms with Crippen LogP contribution in [0.4, 0.5) is 4.79 Å². The van der Waals surface area contributed by atoms with Crippen molar-refractivity contribution in [2.75, 3.05) is 20.8 Å². The van der Waals surface area contributed by atoms with E-state index in [1.807, 2.05) is 13.8 Å². The molecule has 248 valence electrons. The van der Waals surface area contributed by atoms with E-state index >= 15 is 0 Å². The summed E-state index contributed by atoms with van der Waals surface area (Å²) in [6, 6.07) is 0. The van der Waals surface area contributed by atoms with Gasteiger partial charge in [0.25, 0.3) is 5.91 Å². The number of esters is 1. The number of allylic oxidation sites excluding steroid dienone is 4. The largest absolute Gasteiger partial charge is 0.459 e. The number of Topliss-reactive ketones (excluding diaryl/α,β-unsaturated/α-hetero) is 1. The highest BCUT2D eigenvalue weighted by atomic mass is 16.6. The molecule has 2 rings (SSSR count). The fourth-order valence-corrected chi connectivity index (χ4v) is 5.23. The number of rotatable bonds is 7. The quantitative estimate of drug-likeness (QED) is 0.181. The van der Waals surface area contributed by atoms with Crippen molar-refractivity contribution in [1.29, 1.82) is 0 Å². The summed E-state index contributed by atoms with van der Waals surface area (Å²) in [6.07, 6.45) is 4.03. The average Bonchev–Trinajstić information content (AvgIpc) is 2.98. The van der Waals surface area contributed by atoms with Gasteiger partial charge >= 0.3 is 12.1 Å². The number of primary amides is 1. The summed E-state index contributed by atoms with van der Waals surface area (Å²) in [5.74, 6) is -2.98. The molecule has 13 heteroatoms. The molecule has 1 aliphatic carbocycles. The van der Waals surface area contributed by atoms with Gasteiger partial charge < -0.3 is 41.5 Å². The van der Waals surface area contributed by atoms with Crippen molar-refractivity contribution in [3.63, 3.8) is 0 Å². The zero-order chi connectivity index (χ0) is 33.8. The Kier molecular flexibility index (Phi) is 14.4. The number of amides is 2. The zero-order valence-electron chi connectivity index (χ0n) is 26.8. The minimum Gasteiger partial charge on any atom is -0.459 e. The molecule has 13 nitrogen and oxygen atoms in total. The summed E-state index contributed by atoms with van der Waals surface area (Å²) in [6.45, 7) is 7.24. The Morgan fingerprint density at radius 1 is 1.07 bits per heavy atom. The highest BCUT2D eigenvalue weighted by Gasteiger charge is 2.35. The number of nitrogens with one attached hydrogen (secondary N) is 1. The van der Waals surface area contributed by atoms with Crippen molar-refractivity contribution in [2.45, 2.75) is 77.8 Å². The van der Waals surface area contributed by atoms with Crippen LogP contribution in [0.5, 0.6) is 0 Å². The molecule has 1 aliphatic heterocycles. The van der Waals surface area contributed by atoms with Gasteiger partial charge in [0.2, 0.25) is 11.6 Å². The molecule has 0 spiro atoms. The summed E-state index contributed by atoms with van der Waals surface area (Å²) < 4.78 is 22.8. The van der Waals surface area contributed by atoms with Crippen LogP contribution in [0.3, 0.4) is 0 Å². The first-order valence-electron chi connectivity index (χ1n) is 14.8. The van der Waals surface area contributed by atoms with E-state index in [0.717, 1.165) is 6.08 Å². The monoisotopic (exact) mass is 630 g/mol. The van der Waals surface area contributed by atoms with Crippen LogP contribution in [0.2, 0.25) is 0 Å². The molecule has 2 aliphatic rings. The summed E-state index contributed by atoms with van der Waals surface area (Å²) >= 11 is 0. The van der Waals surface area contributed by atoms with E-state index in [2.05, 4.69) is 5.32 Å². The molecule has 0 saturated heterocycles. The van der Waals surface area contributed by atoms with Crippen LogP contribution in [0, 0.1) is 11.8 Å². The van der Waals surface area contributed by atoms with Crippen LogP contribution in [0.1, 0.15) is 53.4 Å². The number of methoxy groups -OCH3 is 2. The Hall–Kier alpha value is -4.07. The Labute approximate surface area is 263 Å². The van der Waals surface area contributed by atoms with Gasteiger partial charge in [-0.05, 0) is 51.1 Å². The number of fused-ring (bicyclic) bond motifs is 2. The number of ketones is 2. The van der Waals surface area contributed by atoms with Gasteiger partial charge in [-0.3, -0.25) is 19.2 Å². The lowest BCUT2D eigenvalue weighted by Gasteiger charge is -2.32. The van der Waals surface area contributed by atoms with E-state index < -0.39 is 59.9 Å². The van der Waals surface area contributed by atoms with E-state index in [1.165, 1.54) is 33.3 Å². The third kappa shape index (κ3) is 10.5. The Morgan fingerprint density at radius 2 is 1.76 bits per heavy atom. The molecule has 0 aromatic carbocycles. The maximum absolute atomic E-state index is 13.4. The van der Waals surface area contributed by atoms with Gasteiger partial charge in [0.05, 0.1) is 17.5 Å². The van der Waals surface area contributed by atoms with Crippen LogP contribution in [-0.2, 0) is 38.1 Å². The second-order valence-corrected chi connectivity index (χ2v) is 11.3. The number of nitrogens with two attached hydrogens (primary N) is 3. The first-order valence-corrected chi connectivity index (χ1v) is 14.8. The molecular weight excluding hydrogens is 584 g/mol. The predicted octanol–water partition coefficient (Wildman–Crippen LogP) is 2.01. The van der Waals surface area contributed by atoms with Crippen LogP contribution < -0.4 is 22.5 Å². The fourth-order valence-electron chi connectivity index (χ4n) is 5.23. The van der Waals surface area contributed by atoms with Crippen LogP contribution in [0.25, 0.3) is 0 Å². The van der Waals surface area contributed by atoms with Gasteiger partial charge in [0.1, 0.15) is 12.2 Å². The lowest BCUT2D eigenvalue weighted by molar-refractivity contribution is -0.160. The van der Waals surface area contributed by atoms with Gasteiger partial charge in [-0.25, -0.2) is 4.79 Å². The van der Waals surface area contributed by atoms with Gasteiger partial charge in [-0.2, -0.15) is 0 Å². The maximum Gasteiger partial charge on any atom is 0.405 e. The SMILES string of the molecule is CO[C@H]1/C=C\C=C(/C)C(=O)NC2=CC(=O)C(N)=C(C[C@@H](C)C[C@H](OC)[C@H](OC(=O)CCCN)[C@@H](C)/C=C(\C)[C@@H]1OC(N)=O)C2=O. The molecule has 6 atom stereocenters. The first kappa shape index (κ1) is 37.1. The number of hydrogen-bond donors (Lipinski definition) is 4. The molecule has 0 fully saturated rings. The van der Waals surface area contributed by atoms with Crippen molar-refractivity contribution in [1.82, 2.24) is 5.32 Å². The van der Waals surface area contributed by atoms with Crippen molar-refractivity contribution in [2.24, 2.45) is 29.0 Å².